The molecule has 5 heteroatoms. The van der Waals surface area contributed by atoms with Gasteiger partial charge in [0, 0.05) is 0 Å². The predicted molar refractivity (Wildman–Crippen MR) is 102 cm³/mol. The number of hydrogen-bond acceptors (Lipinski definition) is 5. The standard InChI is InChI=1S/C22H26O5/c1-4-22(20(23)25-3,21(24)26-5-2)19(18-14-10-7-11-15-18)27-16-17-12-8-6-9-13-17/h6-15,19H,4-5,16H2,1-3H3. The number of benzene rings is 2. The molecule has 2 unspecified atom stereocenters. The average Bonchev–Trinajstić information content (AvgIpc) is 2.72. The average molecular weight is 370 g/mol. The van der Waals surface area contributed by atoms with Crippen LogP contribution in [0.2, 0.25) is 0 Å². The van der Waals surface area contributed by atoms with E-state index in [0.717, 1.165) is 5.56 Å². The van der Waals surface area contributed by atoms with Gasteiger partial charge >= 0.3 is 11.9 Å². The molecule has 0 aliphatic carbocycles. The molecule has 0 N–H and O–H groups in total. The van der Waals surface area contributed by atoms with E-state index >= 15 is 0 Å². The number of ether oxygens (including phenoxy) is 3. The summed E-state index contributed by atoms with van der Waals surface area (Å²) in [5, 5.41) is 0. The summed E-state index contributed by atoms with van der Waals surface area (Å²) in [6, 6.07) is 18.8. The molecule has 2 atom stereocenters. The molecule has 0 bridgehead atoms. The van der Waals surface area contributed by atoms with Gasteiger partial charge in [-0.1, -0.05) is 67.6 Å². The molecule has 0 aliphatic rings. The van der Waals surface area contributed by atoms with Gasteiger partial charge in [0.25, 0.3) is 0 Å². The highest BCUT2D eigenvalue weighted by molar-refractivity contribution is 6.01. The van der Waals surface area contributed by atoms with E-state index in [0.29, 0.717) is 5.56 Å². The van der Waals surface area contributed by atoms with E-state index in [1.54, 1.807) is 13.8 Å². The van der Waals surface area contributed by atoms with Crippen molar-refractivity contribution in [3.63, 3.8) is 0 Å². The minimum atomic E-state index is -1.58. The number of esters is 2. The van der Waals surface area contributed by atoms with Gasteiger partial charge in [0.05, 0.1) is 20.3 Å². The molecule has 0 amide bonds. The van der Waals surface area contributed by atoms with Gasteiger partial charge in [-0.3, -0.25) is 9.59 Å². The van der Waals surface area contributed by atoms with Gasteiger partial charge in [0.15, 0.2) is 5.41 Å². The van der Waals surface area contributed by atoms with Crippen LogP contribution in [0.1, 0.15) is 37.5 Å². The predicted octanol–water partition coefficient (Wildman–Crippen LogP) is 4.08. The summed E-state index contributed by atoms with van der Waals surface area (Å²) in [6.07, 6.45) is -0.650. The lowest BCUT2D eigenvalue weighted by Crippen LogP contribution is -2.47. The van der Waals surface area contributed by atoms with Gasteiger partial charge < -0.3 is 14.2 Å². The van der Waals surface area contributed by atoms with Crippen LogP contribution in [0.3, 0.4) is 0 Å². The largest absolute Gasteiger partial charge is 0.468 e. The highest BCUT2D eigenvalue weighted by Gasteiger charge is 2.55. The van der Waals surface area contributed by atoms with Gasteiger partial charge in [-0.25, -0.2) is 0 Å². The first-order valence-corrected chi connectivity index (χ1v) is 9.06. The summed E-state index contributed by atoms with van der Waals surface area (Å²) in [7, 11) is 1.27. The minimum absolute atomic E-state index is 0.164. The zero-order chi connectivity index (χ0) is 19.7. The monoisotopic (exact) mass is 370 g/mol. The Hall–Kier alpha value is -2.66. The van der Waals surface area contributed by atoms with Crippen LogP contribution in [0.25, 0.3) is 0 Å². The molecule has 0 saturated heterocycles. The second-order valence-corrected chi connectivity index (χ2v) is 6.12. The number of methoxy groups -OCH3 is 1. The molecule has 27 heavy (non-hydrogen) atoms. The third-order valence-electron chi connectivity index (χ3n) is 4.56. The second-order valence-electron chi connectivity index (χ2n) is 6.12. The fourth-order valence-corrected chi connectivity index (χ4v) is 3.12. The number of rotatable bonds is 9. The van der Waals surface area contributed by atoms with Gasteiger partial charge in [0.1, 0.15) is 6.10 Å². The molecule has 0 fully saturated rings. The molecule has 0 spiro atoms. The van der Waals surface area contributed by atoms with E-state index in [2.05, 4.69) is 0 Å². The Kier molecular flexibility index (Phi) is 7.55. The van der Waals surface area contributed by atoms with Crippen molar-refractivity contribution in [1.82, 2.24) is 0 Å². The maximum Gasteiger partial charge on any atom is 0.326 e. The summed E-state index contributed by atoms with van der Waals surface area (Å²) in [6.45, 7) is 3.88. The zero-order valence-corrected chi connectivity index (χ0v) is 16.0. The molecule has 0 heterocycles. The van der Waals surface area contributed by atoms with Gasteiger partial charge in [-0.2, -0.15) is 0 Å². The van der Waals surface area contributed by atoms with Gasteiger partial charge in [-0.15, -0.1) is 0 Å². The molecular formula is C22H26O5. The lowest BCUT2D eigenvalue weighted by molar-refractivity contribution is -0.185. The van der Waals surface area contributed by atoms with Crippen molar-refractivity contribution >= 4 is 11.9 Å². The van der Waals surface area contributed by atoms with E-state index < -0.39 is 23.5 Å². The van der Waals surface area contributed by atoms with Crippen molar-refractivity contribution in [3.05, 3.63) is 71.8 Å². The van der Waals surface area contributed by atoms with Crippen LogP contribution in [0.4, 0.5) is 0 Å². The van der Waals surface area contributed by atoms with Crippen LogP contribution in [0.5, 0.6) is 0 Å². The van der Waals surface area contributed by atoms with Crippen molar-refractivity contribution in [2.45, 2.75) is 33.0 Å². The van der Waals surface area contributed by atoms with Crippen LogP contribution < -0.4 is 0 Å². The first-order chi connectivity index (χ1) is 13.1. The highest BCUT2D eigenvalue weighted by Crippen LogP contribution is 2.43. The van der Waals surface area contributed by atoms with Crippen LogP contribution in [0, 0.1) is 5.41 Å². The van der Waals surface area contributed by atoms with Crippen molar-refractivity contribution < 1.29 is 23.8 Å². The Bertz CT molecular complexity index is 729. The summed E-state index contributed by atoms with van der Waals surface area (Å²) in [5.41, 5.74) is 0.0758. The molecule has 5 nitrogen and oxygen atoms in total. The minimum Gasteiger partial charge on any atom is -0.468 e. The van der Waals surface area contributed by atoms with E-state index in [4.69, 9.17) is 14.2 Å². The third kappa shape index (κ3) is 4.55. The maximum absolute atomic E-state index is 12.9. The lowest BCUT2D eigenvalue weighted by atomic mass is 9.76. The Balaban J connectivity index is 2.49. The summed E-state index contributed by atoms with van der Waals surface area (Å²) >= 11 is 0. The quantitative estimate of drug-likeness (QED) is 0.492. The number of carbonyl (C=O) groups excluding carboxylic acids is 2. The molecule has 2 aromatic rings. The van der Waals surface area contributed by atoms with Crippen LogP contribution in [0.15, 0.2) is 60.7 Å². The zero-order valence-electron chi connectivity index (χ0n) is 16.0. The molecule has 144 valence electrons. The summed E-state index contributed by atoms with van der Waals surface area (Å²) < 4.78 is 16.4. The summed E-state index contributed by atoms with van der Waals surface area (Å²) in [5.74, 6) is -1.30. The Morgan fingerprint density at radius 1 is 0.926 bits per heavy atom. The van der Waals surface area contributed by atoms with E-state index in [9.17, 15) is 9.59 Å². The first-order valence-electron chi connectivity index (χ1n) is 9.06. The van der Waals surface area contributed by atoms with Crippen molar-refractivity contribution in [2.75, 3.05) is 13.7 Å². The molecule has 0 radical (unpaired) electrons. The van der Waals surface area contributed by atoms with Crippen LogP contribution in [-0.4, -0.2) is 25.7 Å². The van der Waals surface area contributed by atoms with Crippen LogP contribution in [-0.2, 0) is 30.4 Å². The Morgan fingerprint density at radius 2 is 1.52 bits per heavy atom. The second kappa shape index (κ2) is 9.88. The molecule has 0 aliphatic heterocycles. The highest BCUT2D eigenvalue weighted by atomic mass is 16.6. The Morgan fingerprint density at radius 3 is 2.04 bits per heavy atom. The third-order valence-corrected chi connectivity index (χ3v) is 4.56. The lowest BCUT2D eigenvalue weighted by Gasteiger charge is -2.35. The first kappa shape index (κ1) is 20.6. The van der Waals surface area contributed by atoms with E-state index in [1.165, 1.54) is 7.11 Å². The van der Waals surface area contributed by atoms with Crippen molar-refractivity contribution in [1.29, 1.82) is 0 Å². The fourth-order valence-electron chi connectivity index (χ4n) is 3.12. The van der Waals surface area contributed by atoms with Crippen LogP contribution >= 0.6 is 0 Å². The summed E-state index contributed by atoms with van der Waals surface area (Å²) in [4.78, 5) is 25.7. The Labute approximate surface area is 160 Å². The number of hydrogen-bond donors (Lipinski definition) is 0. The van der Waals surface area contributed by atoms with E-state index in [-0.39, 0.29) is 19.6 Å². The van der Waals surface area contributed by atoms with Crippen molar-refractivity contribution in [2.24, 2.45) is 5.41 Å². The normalized spacial score (nSPS) is 14.0. The maximum atomic E-state index is 12.9. The number of carbonyl (C=O) groups is 2. The van der Waals surface area contributed by atoms with Crippen molar-refractivity contribution in [3.8, 4) is 0 Å². The molecule has 0 saturated carbocycles. The fraction of sp³-hybridized carbons (Fsp3) is 0.364. The molecular weight excluding hydrogens is 344 g/mol. The molecule has 0 aromatic heterocycles. The smallest absolute Gasteiger partial charge is 0.326 e. The molecule has 2 rings (SSSR count). The van der Waals surface area contributed by atoms with E-state index in [1.807, 2.05) is 60.7 Å². The molecule has 2 aromatic carbocycles. The van der Waals surface area contributed by atoms with Gasteiger partial charge in [-0.05, 0) is 24.5 Å². The SMILES string of the molecule is CCOC(=O)C(CC)(C(=O)OC)C(OCc1ccccc1)c1ccccc1. The topological polar surface area (TPSA) is 61.8 Å². The van der Waals surface area contributed by atoms with Gasteiger partial charge in [0.2, 0.25) is 0 Å².